The second kappa shape index (κ2) is 6.68. The maximum atomic E-state index is 13.3. The predicted molar refractivity (Wildman–Crippen MR) is 103 cm³/mol. The molecule has 0 spiro atoms. The number of nitrogens with zero attached hydrogens (tertiary/aromatic N) is 5. The second-order valence-electron chi connectivity index (χ2n) is 7.77. The van der Waals surface area contributed by atoms with Crippen LogP contribution in [0.1, 0.15) is 35.6 Å². The molecule has 2 bridgehead atoms. The van der Waals surface area contributed by atoms with Gasteiger partial charge in [-0.3, -0.25) is 4.79 Å². The molecule has 2 aromatic heterocycles. The Labute approximate surface area is 169 Å². The lowest BCUT2D eigenvalue weighted by atomic mass is 9.95. The fraction of sp³-hybridized carbons (Fsp3) is 0.400. The third-order valence-corrected chi connectivity index (χ3v) is 6.03. The minimum absolute atomic E-state index is 0.0635. The van der Waals surface area contributed by atoms with Gasteiger partial charge in [0.1, 0.15) is 5.82 Å². The molecule has 2 fully saturated rings. The maximum Gasteiger partial charge on any atom is 0.434 e. The summed E-state index contributed by atoms with van der Waals surface area (Å²) in [5.41, 5.74) is 0.631. The molecule has 2 saturated heterocycles. The first-order valence-electron chi connectivity index (χ1n) is 9.73. The second-order valence-corrected chi connectivity index (χ2v) is 7.77. The van der Waals surface area contributed by atoms with Crippen LogP contribution in [0.15, 0.2) is 36.7 Å². The molecule has 3 aromatic rings. The van der Waals surface area contributed by atoms with E-state index in [9.17, 15) is 18.0 Å². The number of hydrogen-bond donors (Lipinski definition) is 1. The van der Waals surface area contributed by atoms with Gasteiger partial charge in [0.15, 0.2) is 11.5 Å². The zero-order valence-electron chi connectivity index (χ0n) is 16.1. The summed E-state index contributed by atoms with van der Waals surface area (Å²) in [6, 6.07) is 7.50. The van der Waals surface area contributed by atoms with Crippen molar-refractivity contribution < 1.29 is 18.0 Å². The molecule has 0 radical (unpaired) electrons. The van der Waals surface area contributed by atoms with Gasteiger partial charge < -0.3 is 14.8 Å². The van der Waals surface area contributed by atoms with Gasteiger partial charge in [-0.15, -0.1) is 0 Å². The molecule has 0 saturated carbocycles. The summed E-state index contributed by atoms with van der Waals surface area (Å²) in [7, 11) is 1.83. The molecule has 3 atom stereocenters. The van der Waals surface area contributed by atoms with Crippen LogP contribution in [0.3, 0.4) is 0 Å². The highest BCUT2D eigenvalue weighted by Gasteiger charge is 2.49. The number of carbonyl (C=O) groups excluding carboxylic acids is 1. The standard InChI is InChI=1S/C20H19F3N6O/c1-28-14-5-3-2-4-12(14)27-18(28)19(30)29-11-6-7-15(29)13(8-11)26-17-10-24-16(9-25-17)20(21,22)23/h2-5,9-11,13,15H,6-8H2,1H3,(H,25,26)/t11-,13-,15+/m1/s1. The minimum Gasteiger partial charge on any atom is -0.364 e. The van der Waals surface area contributed by atoms with Crippen molar-refractivity contribution in [1.29, 1.82) is 0 Å². The third-order valence-electron chi connectivity index (χ3n) is 6.03. The SMILES string of the molecule is Cn1c(C(=O)N2[C@@H]3CC[C@H]2[C@H](Nc2cnc(C(F)(F)F)cn2)C3)nc2ccccc21. The minimum atomic E-state index is -4.52. The number of alkyl halides is 3. The fourth-order valence-electron chi connectivity index (χ4n) is 4.65. The van der Waals surface area contributed by atoms with E-state index in [0.717, 1.165) is 36.3 Å². The number of halogens is 3. The summed E-state index contributed by atoms with van der Waals surface area (Å²) in [6.07, 6.45) is -0.274. The first-order valence-corrected chi connectivity index (χ1v) is 9.73. The van der Waals surface area contributed by atoms with Crippen LogP contribution in [-0.4, -0.2) is 48.5 Å². The van der Waals surface area contributed by atoms with Crippen LogP contribution >= 0.6 is 0 Å². The number of para-hydroxylation sites is 2. The molecule has 1 aromatic carbocycles. The van der Waals surface area contributed by atoms with Gasteiger partial charge in [0.2, 0.25) is 0 Å². The lowest BCUT2D eigenvalue weighted by molar-refractivity contribution is -0.141. The first-order chi connectivity index (χ1) is 14.3. The zero-order valence-corrected chi connectivity index (χ0v) is 16.1. The molecular formula is C20H19F3N6O. The van der Waals surface area contributed by atoms with Gasteiger partial charge in [0.05, 0.1) is 35.5 Å². The highest BCUT2D eigenvalue weighted by molar-refractivity contribution is 5.95. The van der Waals surface area contributed by atoms with Crippen molar-refractivity contribution in [2.75, 3.05) is 5.32 Å². The van der Waals surface area contributed by atoms with Crippen LogP contribution < -0.4 is 5.32 Å². The van der Waals surface area contributed by atoms with Gasteiger partial charge in [0, 0.05) is 13.1 Å². The largest absolute Gasteiger partial charge is 0.434 e. The fourth-order valence-corrected chi connectivity index (χ4v) is 4.65. The number of imidazole rings is 1. The van der Waals surface area contributed by atoms with E-state index in [-0.39, 0.29) is 29.9 Å². The summed E-state index contributed by atoms with van der Waals surface area (Å²) in [5, 5.41) is 3.17. The normalized spacial score (nSPS) is 23.3. The summed E-state index contributed by atoms with van der Waals surface area (Å²) in [5.74, 6) is 0.544. The Morgan fingerprint density at radius 1 is 1.17 bits per heavy atom. The van der Waals surface area contributed by atoms with Crippen molar-refractivity contribution in [3.8, 4) is 0 Å². The molecular weight excluding hydrogens is 397 g/mol. The molecule has 7 nitrogen and oxygen atoms in total. The highest BCUT2D eigenvalue weighted by Crippen LogP contribution is 2.40. The van der Waals surface area contributed by atoms with Crippen molar-refractivity contribution in [2.45, 2.75) is 43.6 Å². The number of nitrogens with one attached hydrogen (secondary N) is 1. The lowest BCUT2D eigenvalue weighted by Crippen LogP contribution is -2.41. The Hall–Kier alpha value is -3.17. The predicted octanol–water partition coefficient (Wildman–Crippen LogP) is 3.24. The van der Waals surface area contributed by atoms with Crippen LogP contribution in [-0.2, 0) is 13.2 Å². The summed E-state index contributed by atoms with van der Waals surface area (Å²) >= 11 is 0. The molecule has 10 heteroatoms. The van der Waals surface area contributed by atoms with Crippen LogP contribution in [0.25, 0.3) is 11.0 Å². The van der Waals surface area contributed by atoms with Gasteiger partial charge in [0.25, 0.3) is 5.91 Å². The van der Waals surface area contributed by atoms with Crippen molar-refractivity contribution >= 4 is 22.8 Å². The number of aromatic nitrogens is 4. The van der Waals surface area contributed by atoms with E-state index in [1.807, 2.05) is 36.2 Å². The van der Waals surface area contributed by atoms with Crippen molar-refractivity contribution in [1.82, 2.24) is 24.4 Å². The first kappa shape index (κ1) is 18.8. The molecule has 1 amide bonds. The van der Waals surface area contributed by atoms with Gasteiger partial charge in [-0.2, -0.15) is 13.2 Å². The number of hydrogen-bond acceptors (Lipinski definition) is 5. The smallest absolute Gasteiger partial charge is 0.364 e. The molecule has 30 heavy (non-hydrogen) atoms. The summed E-state index contributed by atoms with van der Waals surface area (Å²) in [4.78, 5) is 27.0. The number of carbonyl (C=O) groups is 1. The Bertz CT molecular complexity index is 1110. The quantitative estimate of drug-likeness (QED) is 0.710. The van der Waals surface area contributed by atoms with E-state index in [2.05, 4.69) is 20.3 Å². The van der Waals surface area contributed by atoms with E-state index in [4.69, 9.17) is 0 Å². The van der Waals surface area contributed by atoms with Crippen LogP contribution in [0.2, 0.25) is 0 Å². The van der Waals surface area contributed by atoms with Crippen molar-refractivity contribution in [2.24, 2.45) is 7.05 Å². The van der Waals surface area contributed by atoms with Crippen molar-refractivity contribution in [3.63, 3.8) is 0 Å². The number of amides is 1. The average Bonchev–Trinajstić information content (AvgIpc) is 3.39. The number of aryl methyl sites for hydroxylation is 1. The van der Waals surface area contributed by atoms with Crippen molar-refractivity contribution in [3.05, 3.63) is 48.2 Å². The lowest BCUT2D eigenvalue weighted by Gasteiger charge is -2.25. The summed E-state index contributed by atoms with van der Waals surface area (Å²) < 4.78 is 39.9. The van der Waals surface area contributed by atoms with E-state index in [0.29, 0.717) is 12.2 Å². The molecule has 1 N–H and O–H groups in total. The molecule has 2 aliphatic heterocycles. The maximum absolute atomic E-state index is 13.3. The van der Waals surface area contributed by atoms with Gasteiger partial charge in [-0.25, -0.2) is 15.0 Å². The van der Waals surface area contributed by atoms with Gasteiger partial charge in [-0.05, 0) is 31.4 Å². The topological polar surface area (TPSA) is 75.9 Å². The van der Waals surface area contributed by atoms with Crippen LogP contribution in [0.5, 0.6) is 0 Å². The van der Waals surface area contributed by atoms with Crippen LogP contribution in [0.4, 0.5) is 19.0 Å². The summed E-state index contributed by atoms with van der Waals surface area (Å²) in [6.45, 7) is 0. The number of rotatable bonds is 3. The molecule has 5 rings (SSSR count). The van der Waals surface area contributed by atoms with E-state index in [1.54, 1.807) is 4.57 Å². The van der Waals surface area contributed by atoms with Crippen LogP contribution in [0, 0.1) is 0 Å². The molecule has 2 aliphatic rings. The molecule has 156 valence electrons. The Kier molecular flexibility index (Phi) is 4.19. The number of anilines is 1. The molecule has 4 heterocycles. The number of fused-ring (bicyclic) bond motifs is 3. The highest BCUT2D eigenvalue weighted by atomic mass is 19.4. The van der Waals surface area contributed by atoms with Gasteiger partial charge in [-0.1, -0.05) is 12.1 Å². The monoisotopic (exact) mass is 416 g/mol. The Balaban J connectivity index is 1.36. The van der Waals surface area contributed by atoms with Gasteiger partial charge >= 0.3 is 6.18 Å². The Morgan fingerprint density at radius 3 is 2.67 bits per heavy atom. The zero-order chi connectivity index (χ0) is 21.0. The van der Waals surface area contributed by atoms with E-state index < -0.39 is 11.9 Å². The molecule has 0 unspecified atom stereocenters. The van der Waals surface area contributed by atoms with E-state index in [1.165, 1.54) is 0 Å². The molecule has 0 aliphatic carbocycles. The Morgan fingerprint density at radius 2 is 1.97 bits per heavy atom. The number of benzene rings is 1. The average molecular weight is 416 g/mol. The van der Waals surface area contributed by atoms with E-state index >= 15 is 0 Å². The third kappa shape index (κ3) is 2.98.